The summed E-state index contributed by atoms with van der Waals surface area (Å²) in [5.74, 6) is -0.321. The molecule has 4 heteroatoms. The second-order valence-electron chi connectivity index (χ2n) is 4.14. The lowest BCUT2D eigenvalue weighted by Crippen LogP contribution is -2.44. The van der Waals surface area contributed by atoms with Crippen LogP contribution in [0.4, 0.5) is 0 Å². The zero-order chi connectivity index (χ0) is 12.4. The molecule has 0 aromatic heterocycles. The highest BCUT2D eigenvalue weighted by molar-refractivity contribution is 5.75. The van der Waals surface area contributed by atoms with E-state index in [-0.39, 0.29) is 5.97 Å². The lowest BCUT2D eigenvalue weighted by Gasteiger charge is -2.24. The van der Waals surface area contributed by atoms with Gasteiger partial charge in [0.05, 0.1) is 7.11 Å². The Balaban J connectivity index is 4.01. The SMILES string of the molecule is CCCCN(CCCC)CC(N)C(=O)OC. The zero-order valence-electron chi connectivity index (χ0n) is 10.9. The largest absolute Gasteiger partial charge is 0.468 e. The summed E-state index contributed by atoms with van der Waals surface area (Å²) in [6.07, 6.45) is 4.63. The highest BCUT2D eigenvalue weighted by Crippen LogP contribution is 2.00. The van der Waals surface area contributed by atoms with Crippen molar-refractivity contribution in [2.45, 2.75) is 45.6 Å². The molecule has 1 unspecified atom stereocenters. The van der Waals surface area contributed by atoms with E-state index in [1.54, 1.807) is 0 Å². The fourth-order valence-corrected chi connectivity index (χ4v) is 1.56. The lowest BCUT2D eigenvalue weighted by molar-refractivity contribution is -0.142. The van der Waals surface area contributed by atoms with Gasteiger partial charge in [-0.15, -0.1) is 0 Å². The number of esters is 1. The van der Waals surface area contributed by atoms with Crippen LogP contribution in [0.25, 0.3) is 0 Å². The number of rotatable bonds is 9. The van der Waals surface area contributed by atoms with Gasteiger partial charge in [0, 0.05) is 6.54 Å². The number of hydrogen-bond acceptors (Lipinski definition) is 4. The third-order valence-corrected chi connectivity index (χ3v) is 2.61. The fraction of sp³-hybridized carbons (Fsp3) is 0.917. The van der Waals surface area contributed by atoms with Crippen LogP contribution in [0.2, 0.25) is 0 Å². The molecule has 0 aliphatic rings. The van der Waals surface area contributed by atoms with Gasteiger partial charge < -0.3 is 15.4 Å². The molecular formula is C12H26N2O2. The molecule has 0 fully saturated rings. The summed E-state index contributed by atoms with van der Waals surface area (Å²) in [6, 6.07) is -0.515. The van der Waals surface area contributed by atoms with Crippen LogP contribution in [0.1, 0.15) is 39.5 Å². The van der Waals surface area contributed by atoms with E-state index in [0.29, 0.717) is 6.54 Å². The van der Waals surface area contributed by atoms with Gasteiger partial charge in [-0.25, -0.2) is 0 Å². The van der Waals surface area contributed by atoms with Gasteiger partial charge in [-0.3, -0.25) is 4.79 Å². The van der Waals surface area contributed by atoms with E-state index in [4.69, 9.17) is 5.73 Å². The molecule has 16 heavy (non-hydrogen) atoms. The summed E-state index contributed by atoms with van der Waals surface area (Å²) in [7, 11) is 1.38. The number of carbonyl (C=O) groups excluding carboxylic acids is 1. The molecule has 0 aliphatic heterocycles. The van der Waals surface area contributed by atoms with Crippen molar-refractivity contribution in [1.29, 1.82) is 0 Å². The van der Waals surface area contributed by atoms with Gasteiger partial charge in [-0.05, 0) is 25.9 Å². The minimum absolute atomic E-state index is 0.321. The fourth-order valence-electron chi connectivity index (χ4n) is 1.56. The molecule has 0 rings (SSSR count). The molecule has 0 aromatic rings. The lowest BCUT2D eigenvalue weighted by atomic mass is 10.2. The third-order valence-electron chi connectivity index (χ3n) is 2.61. The molecule has 0 heterocycles. The Morgan fingerprint density at radius 2 is 1.75 bits per heavy atom. The molecular weight excluding hydrogens is 204 g/mol. The van der Waals surface area contributed by atoms with Crippen molar-refractivity contribution in [3.63, 3.8) is 0 Å². The number of nitrogens with two attached hydrogens (primary N) is 1. The topological polar surface area (TPSA) is 55.6 Å². The van der Waals surface area contributed by atoms with E-state index in [2.05, 4.69) is 23.5 Å². The molecule has 0 aromatic carbocycles. The van der Waals surface area contributed by atoms with E-state index in [0.717, 1.165) is 38.8 Å². The molecule has 0 amide bonds. The first-order chi connectivity index (χ1) is 7.65. The van der Waals surface area contributed by atoms with Gasteiger partial charge >= 0.3 is 5.97 Å². The maximum absolute atomic E-state index is 11.2. The first-order valence-electron chi connectivity index (χ1n) is 6.21. The summed E-state index contributed by atoms with van der Waals surface area (Å²) < 4.78 is 4.63. The van der Waals surface area contributed by atoms with Crippen LogP contribution in [0.5, 0.6) is 0 Å². The monoisotopic (exact) mass is 230 g/mol. The smallest absolute Gasteiger partial charge is 0.323 e. The molecule has 0 saturated heterocycles. The van der Waals surface area contributed by atoms with Crippen LogP contribution in [-0.4, -0.2) is 43.7 Å². The summed E-state index contributed by atoms with van der Waals surface area (Å²) in [5, 5.41) is 0. The van der Waals surface area contributed by atoms with Crippen molar-refractivity contribution in [1.82, 2.24) is 4.90 Å². The second kappa shape index (κ2) is 9.60. The van der Waals surface area contributed by atoms with Crippen LogP contribution in [-0.2, 0) is 9.53 Å². The molecule has 0 spiro atoms. The predicted molar refractivity (Wildman–Crippen MR) is 66.2 cm³/mol. The number of carbonyl (C=O) groups is 1. The summed E-state index contributed by atoms with van der Waals surface area (Å²) in [6.45, 7) is 6.96. The first-order valence-corrected chi connectivity index (χ1v) is 6.21. The molecule has 2 N–H and O–H groups in total. The van der Waals surface area contributed by atoms with Crippen molar-refractivity contribution in [2.75, 3.05) is 26.7 Å². The molecule has 1 atom stereocenters. The maximum Gasteiger partial charge on any atom is 0.323 e. The molecule has 4 nitrogen and oxygen atoms in total. The quantitative estimate of drug-likeness (QED) is 0.608. The first kappa shape index (κ1) is 15.4. The molecule has 0 radical (unpaired) electrons. The summed E-state index contributed by atoms with van der Waals surface area (Å²) in [4.78, 5) is 13.5. The Kier molecular flexibility index (Phi) is 9.24. The minimum Gasteiger partial charge on any atom is -0.468 e. The van der Waals surface area contributed by atoms with E-state index < -0.39 is 6.04 Å². The predicted octanol–water partition coefficient (Wildman–Crippen LogP) is 1.39. The van der Waals surface area contributed by atoms with Crippen LogP contribution in [0.15, 0.2) is 0 Å². The van der Waals surface area contributed by atoms with E-state index in [1.165, 1.54) is 7.11 Å². The van der Waals surface area contributed by atoms with Gasteiger partial charge in [0.1, 0.15) is 6.04 Å². The normalized spacial score (nSPS) is 12.8. The molecule has 0 bridgehead atoms. The Hall–Kier alpha value is -0.610. The van der Waals surface area contributed by atoms with Crippen LogP contribution >= 0.6 is 0 Å². The maximum atomic E-state index is 11.2. The van der Waals surface area contributed by atoms with Crippen molar-refractivity contribution >= 4 is 5.97 Å². The van der Waals surface area contributed by atoms with E-state index in [9.17, 15) is 4.79 Å². The van der Waals surface area contributed by atoms with Crippen molar-refractivity contribution in [3.05, 3.63) is 0 Å². The van der Waals surface area contributed by atoms with Gasteiger partial charge in [0.25, 0.3) is 0 Å². The average Bonchev–Trinajstić information content (AvgIpc) is 2.31. The second-order valence-corrected chi connectivity index (χ2v) is 4.14. The van der Waals surface area contributed by atoms with Gasteiger partial charge in [-0.1, -0.05) is 26.7 Å². The number of ether oxygens (including phenoxy) is 1. The van der Waals surface area contributed by atoms with Crippen LogP contribution in [0.3, 0.4) is 0 Å². The van der Waals surface area contributed by atoms with E-state index in [1.807, 2.05) is 0 Å². The van der Waals surface area contributed by atoms with Crippen molar-refractivity contribution in [3.8, 4) is 0 Å². The molecule has 96 valence electrons. The molecule has 0 saturated carbocycles. The Morgan fingerprint density at radius 1 is 1.25 bits per heavy atom. The summed E-state index contributed by atoms with van der Waals surface area (Å²) >= 11 is 0. The third kappa shape index (κ3) is 6.80. The van der Waals surface area contributed by atoms with Gasteiger partial charge in [0.15, 0.2) is 0 Å². The zero-order valence-corrected chi connectivity index (χ0v) is 10.9. The Labute approximate surface area is 99.1 Å². The number of unbranched alkanes of at least 4 members (excludes halogenated alkanes) is 2. The Morgan fingerprint density at radius 3 is 2.12 bits per heavy atom. The average molecular weight is 230 g/mol. The Bertz CT molecular complexity index is 178. The van der Waals surface area contributed by atoms with Crippen LogP contribution < -0.4 is 5.73 Å². The number of nitrogens with zero attached hydrogens (tertiary/aromatic N) is 1. The van der Waals surface area contributed by atoms with E-state index >= 15 is 0 Å². The van der Waals surface area contributed by atoms with Crippen LogP contribution in [0, 0.1) is 0 Å². The molecule has 0 aliphatic carbocycles. The number of hydrogen-bond donors (Lipinski definition) is 1. The highest BCUT2D eigenvalue weighted by atomic mass is 16.5. The standard InChI is InChI=1S/C12H26N2O2/c1-4-6-8-14(9-7-5-2)10-11(13)12(15)16-3/h11H,4-10,13H2,1-3H3. The van der Waals surface area contributed by atoms with Gasteiger partial charge in [0.2, 0.25) is 0 Å². The minimum atomic E-state index is -0.515. The van der Waals surface area contributed by atoms with Crippen molar-refractivity contribution in [2.24, 2.45) is 5.73 Å². The van der Waals surface area contributed by atoms with Crippen molar-refractivity contribution < 1.29 is 9.53 Å². The van der Waals surface area contributed by atoms with Gasteiger partial charge in [-0.2, -0.15) is 0 Å². The number of methoxy groups -OCH3 is 1. The highest BCUT2D eigenvalue weighted by Gasteiger charge is 2.17. The summed E-state index contributed by atoms with van der Waals surface area (Å²) in [5.41, 5.74) is 5.76.